The third-order valence-electron chi connectivity index (χ3n) is 1.82. The van der Waals surface area contributed by atoms with Crippen LogP contribution in [-0.4, -0.2) is 26.0 Å². The fraction of sp³-hybridized carbons (Fsp3) is 0.300. The van der Waals surface area contributed by atoms with Crippen molar-refractivity contribution in [2.24, 2.45) is 10.7 Å². The number of halogens is 4. The Labute approximate surface area is 126 Å². The van der Waals surface area contributed by atoms with Gasteiger partial charge in [0.05, 0.1) is 12.1 Å². The van der Waals surface area contributed by atoms with E-state index in [2.05, 4.69) is 10.3 Å². The number of alkyl halides is 2. The molecule has 18 heavy (non-hydrogen) atoms. The highest BCUT2D eigenvalue weighted by molar-refractivity contribution is 14.0. The molecule has 0 atom stereocenters. The van der Waals surface area contributed by atoms with Gasteiger partial charge in [0.2, 0.25) is 0 Å². The monoisotopic (exact) mass is 391 g/mol. The number of anilines is 1. The molecule has 1 aromatic carbocycles. The molecular weight excluding hydrogens is 378 g/mol. The minimum atomic E-state index is -2.52. The zero-order chi connectivity index (χ0) is 12.8. The van der Waals surface area contributed by atoms with Crippen molar-refractivity contribution >= 4 is 47.2 Å². The van der Waals surface area contributed by atoms with Crippen molar-refractivity contribution in [1.82, 2.24) is 0 Å². The topological polar surface area (TPSA) is 59.6 Å². The van der Waals surface area contributed by atoms with Crippen LogP contribution in [0.15, 0.2) is 23.2 Å². The summed E-state index contributed by atoms with van der Waals surface area (Å²) >= 11 is 5.87. The van der Waals surface area contributed by atoms with Crippen LogP contribution < -0.4 is 15.8 Å². The van der Waals surface area contributed by atoms with Crippen LogP contribution in [-0.2, 0) is 0 Å². The second kappa shape index (κ2) is 8.30. The van der Waals surface area contributed by atoms with Crippen LogP contribution in [0.4, 0.5) is 14.5 Å². The highest BCUT2D eigenvalue weighted by Gasteiger charge is 2.04. The predicted octanol–water partition coefficient (Wildman–Crippen LogP) is 2.96. The van der Waals surface area contributed by atoms with Crippen LogP contribution in [0.3, 0.4) is 0 Å². The number of benzene rings is 1. The first-order valence-electron chi connectivity index (χ1n) is 4.71. The van der Waals surface area contributed by atoms with Crippen molar-refractivity contribution in [3.8, 4) is 5.75 Å². The zero-order valence-corrected chi connectivity index (χ0v) is 12.6. The Morgan fingerprint density at radius 3 is 2.72 bits per heavy atom. The average Bonchev–Trinajstić information content (AvgIpc) is 2.26. The van der Waals surface area contributed by atoms with Gasteiger partial charge in [-0.2, -0.15) is 0 Å². The lowest BCUT2D eigenvalue weighted by molar-refractivity contribution is 0.158. The molecule has 0 amide bonds. The van der Waals surface area contributed by atoms with Gasteiger partial charge in [0, 0.05) is 5.69 Å². The first-order chi connectivity index (χ1) is 8.02. The third kappa shape index (κ3) is 5.67. The van der Waals surface area contributed by atoms with Gasteiger partial charge in [0.25, 0.3) is 6.43 Å². The molecule has 0 aliphatic carbocycles. The predicted molar refractivity (Wildman–Crippen MR) is 79.5 cm³/mol. The van der Waals surface area contributed by atoms with Gasteiger partial charge in [-0.3, -0.25) is 0 Å². The molecule has 0 fully saturated rings. The summed E-state index contributed by atoms with van der Waals surface area (Å²) < 4.78 is 28.7. The number of aliphatic imine (C=N–C) groups is 1. The van der Waals surface area contributed by atoms with Gasteiger partial charge < -0.3 is 15.8 Å². The number of ether oxygens (including phenoxy) is 1. The molecule has 0 unspecified atom stereocenters. The molecule has 0 radical (unpaired) electrons. The molecule has 1 aromatic rings. The molecule has 0 aliphatic heterocycles. The molecule has 0 saturated carbocycles. The van der Waals surface area contributed by atoms with E-state index in [1.54, 1.807) is 18.2 Å². The number of nitrogens with two attached hydrogens (primary N) is 1. The molecule has 0 heterocycles. The molecule has 0 bridgehead atoms. The number of guanidine groups is 1. The van der Waals surface area contributed by atoms with Crippen molar-refractivity contribution < 1.29 is 13.5 Å². The van der Waals surface area contributed by atoms with Crippen molar-refractivity contribution in [1.29, 1.82) is 0 Å². The summed E-state index contributed by atoms with van der Waals surface area (Å²) in [5.74, 6) is 0.423. The highest BCUT2D eigenvalue weighted by Crippen LogP contribution is 2.26. The molecule has 0 aliphatic rings. The molecule has 1 rings (SSSR count). The van der Waals surface area contributed by atoms with E-state index >= 15 is 0 Å². The number of nitrogens with zero attached hydrogens (tertiary/aromatic N) is 1. The summed E-state index contributed by atoms with van der Waals surface area (Å²) in [6.07, 6.45) is -2.52. The Morgan fingerprint density at radius 1 is 1.56 bits per heavy atom. The smallest absolute Gasteiger partial charge is 0.257 e. The van der Waals surface area contributed by atoms with Gasteiger partial charge in [0.1, 0.15) is 12.3 Å². The van der Waals surface area contributed by atoms with Gasteiger partial charge in [-0.15, -0.1) is 24.0 Å². The number of rotatable bonds is 4. The van der Waals surface area contributed by atoms with Crippen molar-refractivity contribution in [2.45, 2.75) is 6.43 Å². The average molecular weight is 392 g/mol. The summed E-state index contributed by atoms with van der Waals surface area (Å²) in [5.41, 5.74) is 5.95. The SMILES string of the molecule is COc1ccc(NC(N)=NCC(F)F)cc1Cl.I. The first kappa shape index (κ1) is 17.2. The van der Waals surface area contributed by atoms with Gasteiger partial charge in [-0.05, 0) is 18.2 Å². The molecule has 3 N–H and O–H groups in total. The van der Waals surface area contributed by atoms with Gasteiger partial charge in [-0.25, -0.2) is 13.8 Å². The van der Waals surface area contributed by atoms with E-state index in [0.29, 0.717) is 16.5 Å². The summed E-state index contributed by atoms with van der Waals surface area (Å²) in [6, 6.07) is 4.84. The Hall–Kier alpha value is -0.830. The van der Waals surface area contributed by atoms with Gasteiger partial charge in [0.15, 0.2) is 5.96 Å². The van der Waals surface area contributed by atoms with Crippen LogP contribution in [0.1, 0.15) is 0 Å². The quantitative estimate of drug-likeness (QED) is 0.471. The second-order valence-corrected chi connectivity index (χ2v) is 3.50. The van der Waals surface area contributed by atoms with E-state index < -0.39 is 13.0 Å². The van der Waals surface area contributed by atoms with E-state index in [0.717, 1.165) is 0 Å². The molecule has 0 spiro atoms. The van der Waals surface area contributed by atoms with Crippen LogP contribution in [0.2, 0.25) is 5.02 Å². The maximum absolute atomic E-state index is 11.9. The van der Waals surface area contributed by atoms with E-state index in [1.165, 1.54) is 7.11 Å². The first-order valence-corrected chi connectivity index (χ1v) is 5.09. The lowest BCUT2D eigenvalue weighted by Gasteiger charge is -2.08. The fourth-order valence-electron chi connectivity index (χ4n) is 1.10. The number of hydrogen-bond acceptors (Lipinski definition) is 2. The van der Waals surface area contributed by atoms with Crippen LogP contribution >= 0.6 is 35.6 Å². The molecule has 0 aromatic heterocycles. The fourth-order valence-corrected chi connectivity index (χ4v) is 1.36. The van der Waals surface area contributed by atoms with E-state index in [4.69, 9.17) is 22.1 Å². The van der Waals surface area contributed by atoms with E-state index in [9.17, 15) is 8.78 Å². The largest absolute Gasteiger partial charge is 0.495 e. The van der Waals surface area contributed by atoms with Gasteiger partial charge in [-0.1, -0.05) is 11.6 Å². The Balaban J connectivity index is 0.00000289. The van der Waals surface area contributed by atoms with E-state index in [1.807, 2.05) is 0 Å². The molecule has 102 valence electrons. The number of hydrogen-bond donors (Lipinski definition) is 2. The van der Waals surface area contributed by atoms with Gasteiger partial charge >= 0.3 is 0 Å². The van der Waals surface area contributed by atoms with Crippen LogP contribution in [0, 0.1) is 0 Å². The van der Waals surface area contributed by atoms with Crippen molar-refractivity contribution in [2.75, 3.05) is 19.0 Å². The molecule has 8 heteroatoms. The van der Waals surface area contributed by atoms with Crippen LogP contribution in [0.5, 0.6) is 5.75 Å². The lowest BCUT2D eigenvalue weighted by atomic mass is 10.3. The number of nitrogens with one attached hydrogen (secondary N) is 1. The van der Waals surface area contributed by atoms with Crippen molar-refractivity contribution in [3.05, 3.63) is 23.2 Å². The minimum Gasteiger partial charge on any atom is -0.495 e. The Morgan fingerprint density at radius 2 is 2.22 bits per heavy atom. The van der Waals surface area contributed by atoms with Crippen LogP contribution in [0.25, 0.3) is 0 Å². The second-order valence-electron chi connectivity index (χ2n) is 3.09. The lowest BCUT2D eigenvalue weighted by Crippen LogP contribution is -2.23. The Kier molecular flexibility index (Phi) is 7.92. The zero-order valence-electron chi connectivity index (χ0n) is 9.49. The number of methoxy groups -OCH3 is 1. The summed E-state index contributed by atoms with van der Waals surface area (Å²) in [5, 5.41) is 3.03. The molecule has 4 nitrogen and oxygen atoms in total. The maximum atomic E-state index is 11.9. The third-order valence-corrected chi connectivity index (χ3v) is 2.12. The Bertz CT molecular complexity index is 418. The normalized spacial score (nSPS) is 11.1. The molecular formula is C10H13ClF2IN3O. The summed E-state index contributed by atoms with van der Waals surface area (Å²) in [4.78, 5) is 3.45. The standard InChI is InChI=1S/C10H12ClF2N3O.HI/c1-17-8-3-2-6(4-7(8)11)16-10(14)15-5-9(12)13;/h2-4,9H,5H2,1H3,(H3,14,15,16);1H. The van der Waals surface area contributed by atoms with Crippen molar-refractivity contribution in [3.63, 3.8) is 0 Å². The highest BCUT2D eigenvalue weighted by atomic mass is 127. The minimum absolute atomic E-state index is 0. The van der Waals surface area contributed by atoms with E-state index in [-0.39, 0.29) is 29.9 Å². The summed E-state index contributed by atoms with van der Waals surface area (Å²) in [6.45, 7) is -0.636. The summed E-state index contributed by atoms with van der Waals surface area (Å²) in [7, 11) is 1.49. The maximum Gasteiger partial charge on any atom is 0.257 e. The molecule has 0 saturated heterocycles.